The fourth-order valence-corrected chi connectivity index (χ4v) is 1.36. The first kappa shape index (κ1) is 14.3. The van der Waals surface area contributed by atoms with Gasteiger partial charge in [-0.05, 0) is 18.2 Å². The van der Waals surface area contributed by atoms with Gasteiger partial charge in [0.1, 0.15) is 12.4 Å². The summed E-state index contributed by atoms with van der Waals surface area (Å²) >= 11 is 5.82. The van der Waals surface area contributed by atoms with E-state index in [-0.39, 0.29) is 0 Å². The highest BCUT2D eigenvalue weighted by molar-refractivity contribution is 6.30. The second-order valence-electron chi connectivity index (χ2n) is 3.32. The third-order valence-corrected chi connectivity index (χ3v) is 2.16. The topological polar surface area (TPSA) is 53.7 Å². The van der Waals surface area contributed by atoms with E-state index >= 15 is 0 Å². The molecule has 0 unspecified atom stereocenters. The zero-order chi connectivity index (χ0) is 12.3. The van der Waals surface area contributed by atoms with E-state index in [4.69, 9.17) is 31.5 Å². The molecule has 0 aliphatic rings. The Bertz CT molecular complexity index is 310. The van der Waals surface area contributed by atoms with Crippen molar-refractivity contribution < 1.29 is 14.2 Å². The first-order valence-corrected chi connectivity index (χ1v) is 5.94. The lowest BCUT2D eigenvalue weighted by Gasteiger charge is -2.07. The second-order valence-corrected chi connectivity index (χ2v) is 3.76. The Hall–Kier alpha value is -0.810. The minimum atomic E-state index is 0.497. The van der Waals surface area contributed by atoms with E-state index in [0.29, 0.717) is 44.6 Å². The van der Waals surface area contributed by atoms with Gasteiger partial charge in [-0.3, -0.25) is 0 Å². The summed E-state index contributed by atoms with van der Waals surface area (Å²) in [7, 11) is 0. The van der Waals surface area contributed by atoms with Gasteiger partial charge in [-0.1, -0.05) is 17.7 Å². The predicted molar refractivity (Wildman–Crippen MR) is 67.6 cm³/mol. The van der Waals surface area contributed by atoms with Gasteiger partial charge >= 0.3 is 0 Å². The van der Waals surface area contributed by atoms with Crippen molar-refractivity contribution in [2.45, 2.75) is 0 Å². The molecule has 96 valence electrons. The zero-order valence-electron chi connectivity index (χ0n) is 9.73. The molecule has 0 fully saturated rings. The Balaban J connectivity index is 1.97. The van der Waals surface area contributed by atoms with Gasteiger partial charge in [-0.25, -0.2) is 0 Å². The van der Waals surface area contributed by atoms with Crippen LogP contribution < -0.4 is 10.5 Å². The van der Waals surface area contributed by atoms with Crippen LogP contribution in [0.4, 0.5) is 0 Å². The number of hydrogen-bond acceptors (Lipinski definition) is 4. The molecule has 0 aliphatic heterocycles. The molecule has 0 aromatic heterocycles. The summed E-state index contributed by atoms with van der Waals surface area (Å²) in [6.45, 7) is 3.25. The zero-order valence-corrected chi connectivity index (χ0v) is 10.5. The maximum absolute atomic E-state index is 5.82. The lowest BCUT2D eigenvalue weighted by Crippen LogP contribution is -2.14. The van der Waals surface area contributed by atoms with Crippen molar-refractivity contribution in [1.82, 2.24) is 0 Å². The van der Waals surface area contributed by atoms with E-state index in [1.165, 1.54) is 0 Å². The molecule has 5 heteroatoms. The molecule has 0 amide bonds. The number of hydrogen-bond donors (Lipinski definition) is 1. The number of nitrogens with two attached hydrogens (primary N) is 1. The van der Waals surface area contributed by atoms with Crippen molar-refractivity contribution >= 4 is 11.6 Å². The summed E-state index contributed by atoms with van der Waals surface area (Å²) < 4.78 is 15.9. The van der Waals surface area contributed by atoms with Gasteiger partial charge in [0.2, 0.25) is 0 Å². The quantitative estimate of drug-likeness (QED) is 0.686. The fourth-order valence-electron chi connectivity index (χ4n) is 1.18. The van der Waals surface area contributed by atoms with Crippen molar-refractivity contribution in [1.29, 1.82) is 0 Å². The van der Waals surface area contributed by atoms with Crippen molar-refractivity contribution in [3.05, 3.63) is 29.3 Å². The highest BCUT2D eigenvalue weighted by Gasteiger charge is 1.95. The Labute approximate surface area is 107 Å². The van der Waals surface area contributed by atoms with Crippen LogP contribution >= 0.6 is 11.6 Å². The van der Waals surface area contributed by atoms with E-state index < -0.39 is 0 Å². The molecule has 0 bridgehead atoms. The Kier molecular flexibility index (Phi) is 7.75. The van der Waals surface area contributed by atoms with Crippen LogP contribution in [-0.4, -0.2) is 39.6 Å². The van der Waals surface area contributed by atoms with Crippen LogP contribution in [-0.2, 0) is 9.47 Å². The SMILES string of the molecule is NCCOCCOCCOc1cccc(Cl)c1. The van der Waals surface area contributed by atoms with Gasteiger partial charge in [0.15, 0.2) is 0 Å². The minimum Gasteiger partial charge on any atom is -0.491 e. The van der Waals surface area contributed by atoms with Gasteiger partial charge in [0, 0.05) is 11.6 Å². The Morgan fingerprint density at radius 1 is 1.00 bits per heavy atom. The third-order valence-electron chi connectivity index (χ3n) is 1.93. The van der Waals surface area contributed by atoms with E-state index in [2.05, 4.69) is 0 Å². The molecule has 0 radical (unpaired) electrons. The van der Waals surface area contributed by atoms with Crippen LogP contribution in [0.2, 0.25) is 5.02 Å². The maximum Gasteiger partial charge on any atom is 0.120 e. The molecule has 0 heterocycles. The van der Waals surface area contributed by atoms with Crippen molar-refractivity contribution in [2.24, 2.45) is 5.73 Å². The summed E-state index contributed by atoms with van der Waals surface area (Å²) in [5.41, 5.74) is 5.27. The maximum atomic E-state index is 5.82. The molecular formula is C12H18ClNO3. The molecule has 4 nitrogen and oxygen atoms in total. The molecule has 0 atom stereocenters. The molecule has 0 spiro atoms. The van der Waals surface area contributed by atoms with Crippen LogP contribution in [0.15, 0.2) is 24.3 Å². The smallest absolute Gasteiger partial charge is 0.120 e. The van der Waals surface area contributed by atoms with Gasteiger partial charge in [-0.2, -0.15) is 0 Å². The summed E-state index contributed by atoms with van der Waals surface area (Å²) in [5.74, 6) is 0.750. The van der Waals surface area contributed by atoms with Gasteiger partial charge < -0.3 is 19.9 Å². The highest BCUT2D eigenvalue weighted by Crippen LogP contribution is 2.16. The molecule has 1 aromatic carbocycles. The summed E-state index contributed by atoms with van der Waals surface area (Å²) in [6, 6.07) is 7.28. The molecule has 1 rings (SSSR count). The molecule has 0 aliphatic carbocycles. The van der Waals surface area contributed by atoms with E-state index in [1.807, 2.05) is 12.1 Å². The highest BCUT2D eigenvalue weighted by atomic mass is 35.5. The number of ether oxygens (including phenoxy) is 3. The summed E-state index contributed by atoms with van der Waals surface area (Å²) in [5, 5.41) is 0.665. The van der Waals surface area contributed by atoms with Gasteiger partial charge in [-0.15, -0.1) is 0 Å². The van der Waals surface area contributed by atoms with Crippen LogP contribution in [0.25, 0.3) is 0 Å². The number of rotatable bonds is 9. The second kappa shape index (κ2) is 9.24. The molecule has 0 saturated carbocycles. The third kappa shape index (κ3) is 7.18. The first-order valence-electron chi connectivity index (χ1n) is 5.57. The normalized spacial score (nSPS) is 10.5. The van der Waals surface area contributed by atoms with Crippen molar-refractivity contribution in [3.63, 3.8) is 0 Å². The average molecular weight is 260 g/mol. The lowest BCUT2D eigenvalue weighted by molar-refractivity contribution is 0.0388. The van der Waals surface area contributed by atoms with E-state index in [0.717, 1.165) is 5.75 Å². The predicted octanol–water partition coefficient (Wildman–Crippen LogP) is 1.71. The Morgan fingerprint density at radius 3 is 2.41 bits per heavy atom. The first-order chi connectivity index (χ1) is 8.33. The average Bonchev–Trinajstić information content (AvgIpc) is 2.33. The number of benzene rings is 1. The molecule has 1 aromatic rings. The van der Waals surface area contributed by atoms with Crippen LogP contribution in [0.3, 0.4) is 0 Å². The Morgan fingerprint density at radius 2 is 1.71 bits per heavy atom. The fraction of sp³-hybridized carbons (Fsp3) is 0.500. The lowest BCUT2D eigenvalue weighted by atomic mass is 10.3. The largest absolute Gasteiger partial charge is 0.491 e. The van der Waals surface area contributed by atoms with E-state index in [1.54, 1.807) is 12.1 Å². The van der Waals surface area contributed by atoms with Gasteiger partial charge in [0.05, 0.1) is 26.4 Å². The van der Waals surface area contributed by atoms with Gasteiger partial charge in [0.25, 0.3) is 0 Å². The number of halogens is 1. The van der Waals surface area contributed by atoms with Crippen molar-refractivity contribution in [3.8, 4) is 5.75 Å². The van der Waals surface area contributed by atoms with Crippen LogP contribution in [0, 0.1) is 0 Å². The monoisotopic (exact) mass is 259 g/mol. The standard InChI is InChI=1S/C12H18ClNO3/c13-11-2-1-3-12(10-11)17-9-8-16-7-6-15-5-4-14/h1-3,10H,4-9,14H2. The molecule has 17 heavy (non-hydrogen) atoms. The summed E-state index contributed by atoms with van der Waals surface area (Å²) in [4.78, 5) is 0. The summed E-state index contributed by atoms with van der Waals surface area (Å²) in [6.07, 6.45) is 0. The van der Waals surface area contributed by atoms with E-state index in [9.17, 15) is 0 Å². The van der Waals surface area contributed by atoms with Crippen LogP contribution in [0.5, 0.6) is 5.75 Å². The van der Waals surface area contributed by atoms with Crippen molar-refractivity contribution in [2.75, 3.05) is 39.6 Å². The molecule has 0 saturated heterocycles. The van der Waals surface area contributed by atoms with Crippen LogP contribution in [0.1, 0.15) is 0 Å². The molecular weight excluding hydrogens is 242 g/mol. The minimum absolute atomic E-state index is 0.497. The molecule has 2 N–H and O–H groups in total.